The number of allylic oxidation sites excluding steroid dienone is 1. The molecule has 0 radical (unpaired) electrons. The fourth-order valence-electron chi connectivity index (χ4n) is 3.11. The molecular weight excluding hydrogens is 336 g/mol. The lowest BCUT2D eigenvalue weighted by Gasteiger charge is -2.39. The van der Waals surface area contributed by atoms with Crippen molar-refractivity contribution in [1.29, 1.82) is 0 Å². The number of anilines is 2. The van der Waals surface area contributed by atoms with Crippen molar-refractivity contribution in [3.05, 3.63) is 41.6 Å². The number of hydrogen-bond acceptors (Lipinski definition) is 8. The Labute approximate surface area is 153 Å². The lowest BCUT2D eigenvalue weighted by molar-refractivity contribution is 0.0178. The highest BCUT2D eigenvalue weighted by Crippen LogP contribution is 2.44. The van der Waals surface area contributed by atoms with Gasteiger partial charge in [-0.05, 0) is 30.4 Å². The normalized spacial score (nSPS) is 22.0. The number of nitrogens with two attached hydrogens (primary N) is 2. The Balaban J connectivity index is 2.52. The van der Waals surface area contributed by atoms with Crippen molar-refractivity contribution in [3.8, 4) is 5.75 Å². The number of hydrogen-bond donors (Lipinski definition) is 6. The van der Waals surface area contributed by atoms with E-state index in [1.54, 1.807) is 20.3 Å². The molecule has 8 heteroatoms. The summed E-state index contributed by atoms with van der Waals surface area (Å²) in [5.41, 5.74) is 14.4. The van der Waals surface area contributed by atoms with Gasteiger partial charge in [-0.1, -0.05) is 0 Å². The van der Waals surface area contributed by atoms with Gasteiger partial charge >= 0.3 is 0 Å². The van der Waals surface area contributed by atoms with Crippen LogP contribution in [-0.2, 0) is 10.3 Å². The summed E-state index contributed by atoms with van der Waals surface area (Å²) in [5, 5.41) is 24.4. The highest BCUT2D eigenvalue weighted by molar-refractivity contribution is 5.74. The maximum atomic E-state index is 9.16. The van der Waals surface area contributed by atoms with E-state index < -0.39 is 11.6 Å². The molecule has 0 saturated heterocycles. The minimum Gasteiger partial charge on any atom is -0.495 e. The maximum Gasteiger partial charge on any atom is 0.142 e. The second-order valence-corrected chi connectivity index (χ2v) is 5.88. The topological polar surface area (TPSA) is 135 Å². The van der Waals surface area contributed by atoms with Gasteiger partial charge in [-0.2, -0.15) is 0 Å². The minimum absolute atomic E-state index is 0.0217. The van der Waals surface area contributed by atoms with Crippen LogP contribution in [-0.4, -0.2) is 56.8 Å². The molecule has 2 rings (SSSR count). The molecule has 0 saturated carbocycles. The van der Waals surface area contributed by atoms with Gasteiger partial charge in [0, 0.05) is 37.1 Å². The molecule has 0 amide bonds. The summed E-state index contributed by atoms with van der Waals surface area (Å²) in [7, 11) is 3.11. The van der Waals surface area contributed by atoms with Gasteiger partial charge in [0.05, 0.1) is 32.1 Å². The Hall–Kier alpha value is -2.26. The summed E-state index contributed by atoms with van der Waals surface area (Å²) >= 11 is 0. The predicted octanol–water partition coefficient (Wildman–Crippen LogP) is -0.114. The van der Waals surface area contributed by atoms with Crippen molar-refractivity contribution in [2.24, 2.45) is 5.73 Å². The molecular formula is C18H28N4O4. The molecule has 2 unspecified atom stereocenters. The fourth-order valence-corrected chi connectivity index (χ4v) is 3.11. The zero-order valence-electron chi connectivity index (χ0n) is 15.2. The molecule has 0 heterocycles. The number of ether oxygens (including phenoxy) is 2. The first-order valence-electron chi connectivity index (χ1n) is 8.42. The SMILES string of the molecule is COc1ccc(NCCO)c(C2(OC)C=CC(NCCO)=CC2N)c1N. The Morgan fingerprint density at radius 3 is 2.42 bits per heavy atom. The van der Waals surface area contributed by atoms with Crippen LogP contribution in [0.1, 0.15) is 5.56 Å². The molecule has 0 spiro atoms. The van der Waals surface area contributed by atoms with Gasteiger partial charge in [0.1, 0.15) is 11.4 Å². The Morgan fingerprint density at radius 1 is 1.15 bits per heavy atom. The molecule has 8 N–H and O–H groups in total. The van der Waals surface area contributed by atoms with Gasteiger partial charge in [-0.3, -0.25) is 0 Å². The first-order chi connectivity index (χ1) is 12.5. The highest BCUT2D eigenvalue weighted by atomic mass is 16.5. The summed E-state index contributed by atoms with van der Waals surface area (Å²) < 4.78 is 11.2. The number of aliphatic hydroxyl groups excluding tert-OH is 2. The first-order valence-corrected chi connectivity index (χ1v) is 8.42. The van der Waals surface area contributed by atoms with E-state index in [9.17, 15) is 0 Å². The summed E-state index contributed by atoms with van der Waals surface area (Å²) in [6.45, 7) is 0.778. The van der Waals surface area contributed by atoms with Crippen molar-refractivity contribution < 1.29 is 19.7 Å². The number of aliphatic hydroxyl groups is 2. The van der Waals surface area contributed by atoms with Crippen molar-refractivity contribution in [3.63, 3.8) is 0 Å². The molecule has 0 aromatic heterocycles. The Bertz CT molecular complexity index is 677. The van der Waals surface area contributed by atoms with E-state index in [0.717, 1.165) is 5.70 Å². The van der Waals surface area contributed by atoms with Crippen molar-refractivity contribution in [2.45, 2.75) is 11.6 Å². The minimum atomic E-state index is -1.01. The second kappa shape index (κ2) is 8.91. The van der Waals surface area contributed by atoms with Crippen LogP contribution in [0.4, 0.5) is 11.4 Å². The van der Waals surface area contributed by atoms with E-state index in [0.29, 0.717) is 35.8 Å². The Morgan fingerprint density at radius 2 is 1.85 bits per heavy atom. The van der Waals surface area contributed by atoms with Gasteiger partial charge in [-0.25, -0.2) is 0 Å². The smallest absolute Gasteiger partial charge is 0.142 e. The van der Waals surface area contributed by atoms with Crippen molar-refractivity contribution in [1.82, 2.24) is 5.32 Å². The van der Waals surface area contributed by atoms with Crippen LogP contribution >= 0.6 is 0 Å². The van der Waals surface area contributed by atoms with Crippen LogP contribution in [0.2, 0.25) is 0 Å². The molecule has 1 aromatic rings. The van der Waals surface area contributed by atoms with Crippen LogP contribution in [0, 0.1) is 0 Å². The first kappa shape index (κ1) is 20.1. The molecule has 1 aliphatic rings. The predicted molar refractivity (Wildman–Crippen MR) is 102 cm³/mol. The van der Waals surface area contributed by atoms with Gasteiger partial charge < -0.3 is 41.8 Å². The standard InChI is InChI=1S/C18H28N4O4/c1-25-14-4-3-13(22-8-10-24)16(17(14)20)18(26-2)6-5-12(11-15(18)19)21-7-9-23/h3-6,11,15,21-24H,7-10,19-20H2,1-2H3. The number of methoxy groups -OCH3 is 2. The van der Waals surface area contributed by atoms with E-state index in [4.69, 9.17) is 31.2 Å². The van der Waals surface area contributed by atoms with Gasteiger partial charge in [0.15, 0.2) is 0 Å². The average Bonchev–Trinajstić information content (AvgIpc) is 2.65. The van der Waals surface area contributed by atoms with Gasteiger partial charge in [-0.15, -0.1) is 0 Å². The van der Waals surface area contributed by atoms with E-state index >= 15 is 0 Å². The highest BCUT2D eigenvalue weighted by Gasteiger charge is 2.41. The van der Waals surface area contributed by atoms with Gasteiger partial charge in [0.25, 0.3) is 0 Å². The molecule has 8 nitrogen and oxygen atoms in total. The quantitative estimate of drug-likeness (QED) is 0.334. The number of benzene rings is 1. The lowest BCUT2D eigenvalue weighted by Crippen LogP contribution is -2.47. The number of nitrogens with one attached hydrogen (secondary N) is 2. The third-order valence-electron chi connectivity index (χ3n) is 4.39. The average molecular weight is 364 g/mol. The van der Waals surface area contributed by atoms with Crippen LogP contribution in [0.3, 0.4) is 0 Å². The number of rotatable bonds is 9. The summed E-state index contributed by atoms with van der Waals surface area (Å²) in [4.78, 5) is 0. The Kier molecular flexibility index (Phi) is 6.87. The van der Waals surface area contributed by atoms with Crippen molar-refractivity contribution in [2.75, 3.05) is 51.6 Å². The van der Waals surface area contributed by atoms with Crippen LogP contribution in [0.15, 0.2) is 36.1 Å². The number of nitrogen functional groups attached to an aromatic ring is 1. The largest absolute Gasteiger partial charge is 0.495 e. The zero-order valence-corrected chi connectivity index (χ0v) is 15.2. The van der Waals surface area contributed by atoms with E-state index in [1.165, 1.54) is 0 Å². The van der Waals surface area contributed by atoms with E-state index in [1.807, 2.05) is 24.3 Å². The molecule has 1 aromatic carbocycles. The molecule has 0 aliphatic heterocycles. The van der Waals surface area contributed by atoms with Crippen molar-refractivity contribution >= 4 is 11.4 Å². The molecule has 0 fully saturated rings. The zero-order chi connectivity index (χ0) is 19.2. The fraction of sp³-hybridized carbons (Fsp3) is 0.444. The third-order valence-corrected chi connectivity index (χ3v) is 4.39. The molecule has 1 aliphatic carbocycles. The molecule has 26 heavy (non-hydrogen) atoms. The van der Waals surface area contributed by atoms with E-state index in [-0.39, 0.29) is 13.2 Å². The molecule has 0 bridgehead atoms. The van der Waals surface area contributed by atoms with Gasteiger partial charge in [0.2, 0.25) is 0 Å². The van der Waals surface area contributed by atoms with Crippen LogP contribution in [0.5, 0.6) is 5.75 Å². The molecule has 144 valence electrons. The monoisotopic (exact) mass is 364 g/mol. The summed E-state index contributed by atoms with van der Waals surface area (Å²) in [6, 6.07) is 3.04. The molecule has 2 atom stereocenters. The van der Waals surface area contributed by atoms with Crippen LogP contribution < -0.4 is 26.8 Å². The second-order valence-electron chi connectivity index (χ2n) is 5.88. The van der Waals surface area contributed by atoms with E-state index in [2.05, 4.69) is 10.6 Å². The summed E-state index contributed by atoms with van der Waals surface area (Å²) in [5.74, 6) is 0.514. The lowest BCUT2D eigenvalue weighted by atomic mass is 9.80. The van der Waals surface area contributed by atoms with Crippen LogP contribution in [0.25, 0.3) is 0 Å². The summed E-state index contributed by atoms with van der Waals surface area (Å²) in [6.07, 6.45) is 5.51. The maximum absolute atomic E-state index is 9.16. The third kappa shape index (κ3) is 3.78.